The van der Waals surface area contributed by atoms with Crippen molar-refractivity contribution in [2.45, 2.75) is 26.6 Å². The van der Waals surface area contributed by atoms with Gasteiger partial charge in [0.1, 0.15) is 0 Å². The van der Waals surface area contributed by atoms with Crippen LogP contribution in [0.4, 0.5) is 12.9 Å². The van der Waals surface area contributed by atoms with Crippen molar-refractivity contribution in [2.75, 3.05) is 6.61 Å². The van der Waals surface area contributed by atoms with Gasteiger partial charge >= 0.3 is 12.9 Å². The van der Waals surface area contributed by atoms with E-state index >= 15 is 0 Å². The number of rotatable bonds is 3. The first-order valence-corrected chi connectivity index (χ1v) is 4.59. The fraction of sp³-hybridized carbons (Fsp3) is 0.875. The van der Waals surface area contributed by atoms with E-state index in [1.54, 1.807) is 6.92 Å². The number of ether oxygens (including phenoxy) is 1. The minimum absolute atomic E-state index is 0.128. The van der Waals surface area contributed by atoms with Gasteiger partial charge in [0.15, 0.2) is 0 Å². The Bertz CT molecular complexity index is 249. The van der Waals surface area contributed by atoms with Crippen molar-refractivity contribution in [2.24, 2.45) is 11.3 Å². The number of hydrogen-bond donors (Lipinski definition) is 0. The SMILES string of the molecule is CCOC(=O)[C@H]1[C@@H]([B-](F)(F)F)C1(C)C. The zero-order chi connectivity index (χ0) is 11.1. The molecule has 2 nitrogen and oxygen atoms in total. The van der Waals surface area contributed by atoms with Crippen LogP contribution < -0.4 is 0 Å². The van der Waals surface area contributed by atoms with E-state index in [2.05, 4.69) is 4.74 Å². The lowest BCUT2D eigenvalue weighted by molar-refractivity contribution is -0.145. The van der Waals surface area contributed by atoms with Gasteiger partial charge in [-0.15, -0.1) is 0 Å². The van der Waals surface area contributed by atoms with Crippen LogP contribution in [0.2, 0.25) is 5.82 Å². The molecule has 0 spiro atoms. The molecular formula is C8H13BF3O2-. The number of hydrogen-bond acceptors (Lipinski definition) is 2. The molecule has 1 rings (SSSR count). The molecule has 0 radical (unpaired) electrons. The molecule has 82 valence electrons. The van der Waals surface area contributed by atoms with Gasteiger partial charge in [-0.05, 0) is 12.3 Å². The van der Waals surface area contributed by atoms with Gasteiger partial charge in [-0.25, -0.2) is 0 Å². The van der Waals surface area contributed by atoms with Crippen LogP contribution in [-0.2, 0) is 9.53 Å². The minimum atomic E-state index is -4.94. The van der Waals surface area contributed by atoms with Crippen molar-refractivity contribution < 1.29 is 22.5 Å². The lowest BCUT2D eigenvalue weighted by atomic mass is 9.78. The van der Waals surface area contributed by atoms with Gasteiger partial charge in [0, 0.05) is 5.92 Å². The second kappa shape index (κ2) is 3.17. The topological polar surface area (TPSA) is 26.3 Å². The summed E-state index contributed by atoms with van der Waals surface area (Å²) in [6, 6.07) is 0. The first-order valence-electron chi connectivity index (χ1n) is 4.59. The lowest BCUT2D eigenvalue weighted by Gasteiger charge is -2.14. The van der Waals surface area contributed by atoms with Crippen molar-refractivity contribution in [1.29, 1.82) is 0 Å². The van der Waals surface area contributed by atoms with E-state index in [1.807, 2.05) is 0 Å². The molecule has 14 heavy (non-hydrogen) atoms. The number of carbonyl (C=O) groups excluding carboxylic acids is 1. The van der Waals surface area contributed by atoms with Crippen LogP contribution >= 0.6 is 0 Å². The highest BCUT2D eigenvalue weighted by atomic mass is 19.4. The molecule has 1 aliphatic rings. The Morgan fingerprint density at radius 3 is 2.21 bits per heavy atom. The third kappa shape index (κ3) is 1.74. The summed E-state index contributed by atoms with van der Waals surface area (Å²) in [7, 11) is 0. The van der Waals surface area contributed by atoms with Crippen LogP contribution in [-0.4, -0.2) is 19.6 Å². The van der Waals surface area contributed by atoms with Crippen LogP contribution in [0.5, 0.6) is 0 Å². The summed E-state index contributed by atoms with van der Waals surface area (Å²) in [5.41, 5.74) is -0.982. The van der Waals surface area contributed by atoms with Gasteiger partial charge < -0.3 is 17.7 Å². The molecular weight excluding hydrogens is 196 g/mol. The van der Waals surface area contributed by atoms with E-state index in [0.29, 0.717) is 0 Å². The zero-order valence-electron chi connectivity index (χ0n) is 8.39. The van der Waals surface area contributed by atoms with Gasteiger partial charge in [-0.3, -0.25) is 4.79 Å². The van der Waals surface area contributed by atoms with Gasteiger partial charge in [0.2, 0.25) is 0 Å². The Balaban J connectivity index is 2.71. The molecule has 0 aromatic rings. The molecule has 6 heteroatoms. The van der Waals surface area contributed by atoms with Crippen molar-refractivity contribution in [3.8, 4) is 0 Å². The summed E-state index contributed by atoms with van der Waals surface area (Å²) >= 11 is 0. The third-order valence-corrected chi connectivity index (χ3v) is 2.86. The quantitative estimate of drug-likeness (QED) is 0.526. The molecule has 0 heterocycles. The van der Waals surface area contributed by atoms with Crippen LogP contribution in [0.15, 0.2) is 0 Å². The van der Waals surface area contributed by atoms with E-state index < -0.39 is 30.1 Å². The maximum atomic E-state index is 12.4. The first kappa shape index (κ1) is 11.4. The fourth-order valence-electron chi connectivity index (χ4n) is 2.07. The molecule has 0 unspecified atom stereocenters. The van der Waals surface area contributed by atoms with Crippen LogP contribution in [0.3, 0.4) is 0 Å². The Labute approximate surface area is 80.9 Å². The van der Waals surface area contributed by atoms with E-state index in [4.69, 9.17) is 0 Å². The number of esters is 1. The average molecular weight is 209 g/mol. The lowest BCUT2D eigenvalue weighted by Crippen LogP contribution is -2.19. The van der Waals surface area contributed by atoms with Crippen molar-refractivity contribution in [1.82, 2.24) is 0 Å². The summed E-state index contributed by atoms with van der Waals surface area (Å²) in [6.07, 6.45) is 0. The highest BCUT2D eigenvalue weighted by Crippen LogP contribution is 2.68. The molecule has 0 bridgehead atoms. The minimum Gasteiger partial charge on any atom is -0.466 e. The van der Waals surface area contributed by atoms with E-state index in [0.717, 1.165) is 0 Å². The predicted molar refractivity (Wildman–Crippen MR) is 46.7 cm³/mol. The van der Waals surface area contributed by atoms with E-state index in [1.165, 1.54) is 13.8 Å². The Kier molecular flexibility index (Phi) is 2.58. The summed E-state index contributed by atoms with van der Waals surface area (Å²) in [4.78, 5) is 11.2. The van der Waals surface area contributed by atoms with Crippen molar-refractivity contribution in [3.63, 3.8) is 0 Å². The summed E-state index contributed by atoms with van der Waals surface area (Å²) in [6.45, 7) is -0.321. The first-order chi connectivity index (χ1) is 6.23. The maximum absolute atomic E-state index is 12.4. The molecule has 0 N–H and O–H groups in total. The Morgan fingerprint density at radius 1 is 1.43 bits per heavy atom. The molecule has 1 saturated carbocycles. The second-order valence-electron chi connectivity index (χ2n) is 4.20. The predicted octanol–water partition coefficient (Wildman–Crippen LogP) is 2.42. The molecule has 2 atom stereocenters. The summed E-state index contributed by atoms with van der Waals surface area (Å²) in [5, 5.41) is 0. The normalized spacial score (nSPS) is 29.9. The average Bonchev–Trinajstić information content (AvgIpc) is 2.53. The van der Waals surface area contributed by atoms with E-state index in [-0.39, 0.29) is 6.61 Å². The molecule has 0 saturated heterocycles. The Hall–Kier alpha value is -0.675. The monoisotopic (exact) mass is 209 g/mol. The number of halogens is 3. The standard InChI is InChI=1S/C8H13BF3O2/c1-4-14-7(13)5-6(8(5,2)3)9(10,11)12/h5-6H,4H2,1-3H3/q-1/t5-,6-/m1/s1. The largest absolute Gasteiger partial charge is 0.482 e. The molecule has 1 aliphatic carbocycles. The second-order valence-corrected chi connectivity index (χ2v) is 4.20. The summed E-state index contributed by atoms with van der Waals surface area (Å²) < 4.78 is 41.9. The molecule has 0 aliphatic heterocycles. The molecule has 0 aromatic carbocycles. The smallest absolute Gasteiger partial charge is 0.466 e. The van der Waals surface area contributed by atoms with Crippen LogP contribution in [0.1, 0.15) is 20.8 Å². The molecule has 0 amide bonds. The maximum Gasteiger partial charge on any atom is 0.482 e. The molecule has 1 fully saturated rings. The van der Waals surface area contributed by atoms with Gasteiger partial charge in [-0.2, -0.15) is 0 Å². The van der Waals surface area contributed by atoms with Gasteiger partial charge in [0.25, 0.3) is 0 Å². The summed E-state index contributed by atoms with van der Waals surface area (Å²) in [5.74, 6) is -3.20. The van der Waals surface area contributed by atoms with Gasteiger partial charge in [-0.1, -0.05) is 19.7 Å². The van der Waals surface area contributed by atoms with Crippen LogP contribution in [0.25, 0.3) is 0 Å². The zero-order valence-corrected chi connectivity index (χ0v) is 8.39. The van der Waals surface area contributed by atoms with Crippen molar-refractivity contribution >= 4 is 12.9 Å². The van der Waals surface area contributed by atoms with Crippen molar-refractivity contribution in [3.05, 3.63) is 0 Å². The fourth-order valence-corrected chi connectivity index (χ4v) is 2.07. The van der Waals surface area contributed by atoms with E-state index in [9.17, 15) is 17.7 Å². The highest BCUT2D eigenvalue weighted by molar-refractivity contribution is 6.62. The number of carbonyl (C=O) groups is 1. The van der Waals surface area contributed by atoms with Crippen LogP contribution in [0, 0.1) is 11.3 Å². The highest BCUT2D eigenvalue weighted by Gasteiger charge is 2.68. The molecule has 0 aromatic heterocycles. The van der Waals surface area contributed by atoms with Gasteiger partial charge in [0.05, 0.1) is 6.61 Å². The third-order valence-electron chi connectivity index (χ3n) is 2.86. The Morgan fingerprint density at radius 2 is 1.93 bits per heavy atom.